The Kier molecular flexibility index (Phi) is 7.13. The van der Waals surface area contributed by atoms with Gasteiger partial charge in [0, 0.05) is 31.7 Å². The van der Waals surface area contributed by atoms with E-state index in [0.29, 0.717) is 22.2 Å². The van der Waals surface area contributed by atoms with Crippen molar-refractivity contribution in [1.29, 1.82) is 0 Å². The molecule has 28 heavy (non-hydrogen) atoms. The van der Waals surface area contributed by atoms with Crippen molar-refractivity contribution in [3.8, 4) is 0 Å². The predicted octanol–water partition coefficient (Wildman–Crippen LogP) is 4.31. The van der Waals surface area contributed by atoms with Gasteiger partial charge in [-0.25, -0.2) is 0 Å². The van der Waals surface area contributed by atoms with E-state index >= 15 is 0 Å². The van der Waals surface area contributed by atoms with Crippen LogP contribution in [0.15, 0.2) is 23.1 Å². The Bertz CT molecular complexity index is 807. The van der Waals surface area contributed by atoms with Gasteiger partial charge in [-0.2, -0.15) is 0 Å². The number of carboxylic acid groups (broad SMARTS) is 1. The number of benzene rings is 1. The Morgan fingerprint density at radius 2 is 2.14 bits per heavy atom. The number of carbonyl (C=O) groups excluding carboxylic acids is 1. The molecule has 0 aromatic heterocycles. The minimum atomic E-state index is -0.858. The molecule has 0 radical (unpaired) electrons. The Balaban J connectivity index is 1.72. The third-order valence-electron chi connectivity index (χ3n) is 5.04. The number of aliphatic carboxylic acids is 1. The molecular formula is C21H26N2O3S2. The quantitative estimate of drug-likeness (QED) is 0.502. The molecule has 5 nitrogen and oxygen atoms in total. The minimum absolute atomic E-state index is 0.0372. The summed E-state index contributed by atoms with van der Waals surface area (Å²) in [7, 11) is 0. The SMILES string of the molecule is CCCCN1CCCc2cc(C=C3SC(=S)N(CCCC(=O)O)C3=O)ccc21. The molecule has 2 aliphatic heterocycles. The van der Waals surface area contributed by atoms with Crippen molar-refractivity contribution in [2.75, 3.05) is 24.5 Å². The zero-order valence-corrected chi connectivity index (χ0v) is 17.8. The number of amides is 1. The standard InChI is InChI=1S/C21H26N2O3S2/c1-2-3-10-22-11-4-6-16-13-15(8-9-17(16)22)14-18-20(26)23(21(27)28-18)12-5-7-19(24)25/h8-9,13-14H,2-7,10-12H2,1H3,(H,24,25). The summed E-state index contributed by atoms with van der Waals surface area (Å²) in [5.41, 5.74) is 3.67. The number of carboxylic acids is 1. The Morgan fingerprint density at radius 1 is 1.32 bits per heavy atom. The summed E-state index contributed by atoms with van der Waals surface area (Å²) >= 11 is 6.61. The number of hydrogen-bond acceptors (Lipinski definition) is 5. The fourth-order valence-corrected chi connectivity index (χ4v) is 4.91. The average molecular weight is 419 g/mol. The van der Waals surface area contributed by atoms with Crippen LogP contribution in [-0.4, -0.2) is 45.8 Å². The first-order valence-corrected chi connectivity index (χ1v) is 11.1. The van der Waals surface area contributed by atoms with Crippen LogP contribution in [0.2, 0.25) is 0 Å². The van der Waals surface area contributed by atoms with Gasteiger partial charge in [0.1, 0.15) is 4.32 Å². The number of hydrogen-bond donors (Lipinski definition) is 1. The molecule has 1 N–H and O–H groups in total. The molecule has 1 aromatic carbocycles. The monoisotopic (exact) mass is 418 g/mol. The summed E-state index contributed by atoms with van der Waals surface area (Å²) in [6.45, 7) is 4.77. The van der Waals surface area contributed by atoms with Crippen molar-refractivity contribution in [2.45, 2.75) is 45.4 Å². The highest BCUT2D eigenvalue weighted by atomic mass is 32.2. The van der Waals surface area contributed by atoms with Crippen LogP contribution < -0.4 is 4.90 Å². The lowest BCUT2D eigenvalue weighted by Gasteiger charge is -2.31. The van der Waals surface area contributed by atoms with E-state index in [9.17, 15) is 9.59 Å². The first-order chi connectivity index (χ1) is 13.5. The lowest BCUT2D eigenvalue weighted by molar-refractivity contribution is -0.137. The lowest BCUT2D eigenvalue weighted by Crippen LogP contribution is -2.30. The molecule has 1 aromatic rings. The molecule has 1 saturated heterocycles. The normalized spacial score (nSPS) is 18.1. The van der Waals surface area contributed by atoms with Crippen molar-refractivity contribution in [2.24, 2.45) is 0 Å². The molecule has 1 fully saturated rings. The summed E-state index contributed by atoms with van der Waals surface area (Å²) < 4.78 is 0.505. The van der Waals surface area contributed by atoms with E-state index in [-0.39, 0.29) is 12.3 Å². The van der Waals surface area contributed by atoms with Gasteiger partial charge in [-0.05, 0) is 55.0 Å². The van der Waals surface area contributed by atoms with Gasteiger partial charge in [-0.1, -0.05) is 43.4 Å². The van der Waals surface area contributed by atoms with Crippen LogP contribution in [-0.2, 0) is 16.0 Å². The van der Waals surface area contributed by atoms with E-state index in [1.807, 2.05) is 6.08 Å². The number of fused-ring (bicyclic) bond motifs is 1. The number of nitrogens with zero attached hydrogens (tertiary/aromatic N) is 2. The van der Waals surface area contributed by atoms with Crippen molar-refractivity contribution in [3.63, 3.8) is 0 Å². The van der Waals surface area contributed by atoms with Gasteiger partial charge in [0.15, 0.2) is 0 Å². The van der Waals surface area contributed by atoms with Gasteiger partial charge in [0.2, 0.25) is 0 Å². The first kappa shape index (κ1) is 20.9. The van der Waals surface area contributed by atoms with Crippen molar-refractivity contribution in [1.82, 2.24) is 4.90 Å². The highest BCUT2D eigenvalue weighted by Crippen LogP contribution is 2.34. The predicted molar refractivity (Wildman–Crippen MR) is 119 cm³/mol. The zero-order chi connectivity index (χ0) is 20.1. The maximum Gasteiger partial charge on any atom is 0.303 e. The third-order valence-corrected chi connectivity index (χ3v) is 6.42. The van der Waals surface area contributed by atoms with Crippen LogP contribution in [0.5, 0.6) is 0 Å². The molecule has 2 aliphatic rings. The summed E-state index contributed by atoms with van der Waals surface area (Å²) in [5, 5.41) is 8.77. The molecule has 0 aliphatic carbocycles. The molecule has 3 rings (SSSR count). The number of thioether (sulfide) groups is 1. The fourth-order valence-electron chi connectivity index (χ4n) is 3.60. The second kappa shape index (κ2) is 9.56. The topological polar surface area (TPSA) is 60.9 Å². The molecular weight excluding hydrogens is 392 g/mol. The van der Waals surface area contributed by atoms with Crippen LogP contribution >= 0.6 is 24.0 Å². The maximum atomic E-state index is 12.6. The maximum absolute atomic E-state index is 12.6. The van der Waals surface area contributed by atoms with E-state index in [1.54, 1.807) is 0 Å². The van der Waals surface area contributed by atoms with E-state index in [2.05, 4.69) is 30.0 Å². The van der Waals surface area contributed by atoms with Crippen LogP contribution in [0.25, 0.3) is 6.08 Å². The molecule has 0 saturated carbocycles. The van der Waals surface area contributed by atoms with Crippen LogP contribution in [0.1, 0.15) is 50.2 Å². The molecule has 1 amide bonds. The van der Waals surface area contributed by atoms with E-state index < -0.39 is 5.97 Å². The Morgan fingerprint density at radius 3 is 2.89 bits per heavy atom. The summed E-state index contributed by atoms with van der Waals surface area (Å²) in [5.74, 6) is -0.981. The van der Waals surface area contributed by atoms with E-state index in [4.69, 9.17) is 17.3 Å². The molecule has 0 unspecified atom stereocenters. The van der Waals surface area contributed by atoms with Crippen LogP contribution in [0.3, 0.4) is 0 Å². The molecule has 150 valence electrons. The first-order valence-electron chi connectivity index (χ1n) is 9.84. The van der Waals surface area contributed by atoms with Gasteiger partial charge >= 0.3 is 5.97 Å². The molecule has 2 heterocycles. The molecule has 0 spiro atoms. The smallest absolute Gasteiger partial charge is 0.303 e. The molecule has 0 atom stereocenters. The number of carbonyl (C=O) groups is 2. The minimum Gasteiger partial charge on any atom is -0.481 e. The average Bonchev–Trinajstić information content (AvgIpc) is 2.93. The Labute approximate surface area is 175 Å². The third kappa shape index (κ3) is 4.94. The van der Waals surface area contributed by atoms with Gasteiger partial charge in [0.05, 0.1) is 4.91 Å². The summed E-state index contributed by atoms with van der Waals surface area (Å²) in [4.78, 5) is 27.9. The highest BCUT2D eigenvalue weighted by Gasteiger charge is 2.31. The number of rotatable bonds is 8. The van der Waals surface area contributed by atoms with Crippen molar-refractivity contribution >= 4 is 51.9 Å². The highest BCUT2D eigenvalue weighted by molar-refractivity contribution is 8.26. The number of aryl methyl sites for hydroxylation is 1. The lowest BCUT2D eigenvalue weighted by atomic mass is 9.98. The van der Waals surface area contributed by atoms with E-state index in [1.165, 1.54) is 40.8 Å². The largest absolute Gasteiger partial charge is 0.481 e. The fraction of sp³-hybridized carbons (Fsp3) is 0.476. The van der Waals surface area contributed by atoms with Gasteiger partial charge in [0.25, 0.3) is 5.91 Å². The second-order valence-corrected chi connectivity index (χ2v) is 8.84. The summed E-state index contributed by atoms with van der Waals surface area (Å²) in [6.07, 6.45) is 6.96. The van der Waals surface area contributed by atoms with Gasteiger partial charge < -0.3 is 10.0 Å². The summed E-state index contributed by atoms with van der Waals surface area (Å²) in [6, 6.07) is 6.42. The van der Waals surface area contributed by atoms with Gasteiger partial charge in [-0.3, -0.25) is 14.5 Å². The number of unbranched alkanes of at least 4 members (excludes halogenated alkanes) is 1. The number of anilines is 1. The van der Waals surface area contributed by atoms with Crippen LogP contribution in [0, 0.1) is 0 Å². The Hall–Kier alpha value is -1.86. The number of thiocarbonyl (C=S) groups is 1. The zero-order valence-electron chi connectivity index (χ0n) is 16.1. The van der Waals surface area contributed by atoms with Crippen molar-refractivity contribution < 1.29 is 14.7 Å². The second-order valence-electron chi connectivity index (χ2n) is 7.16. The van der Waals surface area contributed by atoms with E-state index in [0.717, 1.165) is 31.5 Å². The molecule has 7 heteroatoms. The van der Waals surface area contributed by atoms with Gasteiger partial charge in [-0.15, -0.1) is 0 Å². The molecule has 0 bridgehead atoms. The van der Waals surface area contributed by atoms with Crippen molar-refractivity contribution in [3.05, 3.63) is 34.2 Å². The van der Waals surface area contributed by atoms with Crippen LogP contribution in [0.4, 0.5) is 5.69 Å².